The summed E-state index contributed by atoms with van der Waals surface area (Å²) in [4.78, 5) is 31.6. The Morgan fingerprint density at radius 2 is 2.04 bits per heavy atom. The molecule has 1 aromatic carbocycles. The zero-order valence-electron chi connectivity index (χ0n) is 15.6. The second-order valence-electron chi connectivity index (χ2n) is 6.65. The zero-order chi connectivity index (χ0) is 19.3. The fraction of sp³-hybridized carbons (Fsp3) is 0.474. The number of rotatable bonds is 7. The monoisotopic (exact) mass is 372 g/mol. The maximum absolute atomic E-state index is 12.9. The third-order valence-electron chi connectivity index (χ3n) is 3.94. The van der Waals surface area contributed by atoms with Crippen LogP contribution in [0, 0.1) is 17.2 Å². The molecular weight excluding hydrogens is 348 g/mol. The van der Waals surface area contributed by atoms with Crippen molar-refractivity contribution >= 4 is 28.6 Å². The number of para-hydroxylation sites is 1. The van der Waals surface area contributed by atoms with Crippen LogP contribution >= 0.6 is 11.8 Å². The zero-order valence-corrected chi connectivity index (χ0v) is 16.4. The van der Waals surface area contributed by atoms with E-state index >= 15 is 0 Å². The standard InChI is InChI=1S/C19H24N4O2S/c1-13(2)12-23-18(25)15-8-5-6-9-16(15)21-19(23)26-14(3)17(24)22(4)11-7-10-20/h5-6,8-9,13-14H,7,11-12H2,1-4H3/t14-/m0/s1. The Labute approximate surface area is 157 Å². The summed E-state index contributed by atoms with van der Waals surface area (Å²) in [5.41, 5.74) is 0.557. The van der Waals surface area contributed by atoms with Gasteiger partial charge in [-0.25, -0.2) is 4.98 Å². The number of thioether (sulfide) groups is 1. The molecule has 0 aliphatic heterocycles. The fourth-order valence-electron chi connectivity index (χ4n) is 2.61. The topological polar surface area (TPSA) is 79.0 Å². The third-order valence-corrected chi connectivity index (χ3v) is 5.02. The van der Waals surface area contributed by atoms with Crippen LogP contribution in [0.2, 0.25) is 0 Å². The first-order valence-corrected chi connectivity index (χ1v) is 9.51. The van der Waals surface area contributed by atoms with Crippen LogP contribution in [0.3, 0.4) is 0 Å². The molecule has 1 aromatic heterocycles. The van der Waals surface area contributed by atoms with Crippen molar-refractivity contribution in [3.05, 3.63) is 34.6 Å². The average molecular weight is 372 g/mol. The van der Waals surface area contributed by atoms with Gasteiger partial charge in [-0.1, -0.05) is 37.7 Å². The molecule has 2 aromatic rings. The first-order chi connectivity index (χ1) is 12.3. The Kier molecular flexibility index (Phi) is 6.81. The number of hydrogen-bond acceptors (Lipinski definition) is 5. The molecule has 0 spiro atoms. The summed E-state index contributed by atoms with van der Waals surface area (Å²) in [7, 11) is 1.69. The van der Waals surface area contributed by atoms with Gasteiger partial charge in [0.25, 0.3) is 5.56 Å². The molecule has 0 saturated heterocycles. The molecule has 0 N–H and O–H groups in total. The number of hydrogen-bond donors (Lipinski definition) is 0. The summed E-state index contributed by atoms with van der Waals surface area (Å²) in [5.74, 6) is 0.197. The van der Waals surface area contributed by atoms with Gasteiger partial charge in [0.15, 0.2) is 5.16 Å². The van der Waals surface area contributed by atoms with Crippen molar-refractivity contribution in [2.24, 2.45) is 5.92 Å². The lowest BCUT2D eigenvalue weighted by atomic mass is 10.2. The van der Waals surface area contributed by atoms with Crippen molar-refractivity contribution in [1.29, 1.82) is 5.26 Å². The van der Waals surface area contributed by atoms with Gasteiger partial charge in [0.2, 0.25) is 5.91 Å². The molecular formula is C19H24N4O2S. The highest BCUT2D eigenvalue weighted by Crippen LogP contribution is 2.24. The maximum atomic E-state index is 12.9. The van der Waals surface area contributed by atoms with Crippen molar-refractivity contribution in [3.63, 3.8) is 0 Å². The minimum Gasteiger partial charge on any atom is -0.344 e. The van der Waals surface area contributed by atoms with Crippen molar-refractivity contribution in [1.82, 2.24) is 14.5 Å². The number of carbonyl (C=O) groups excluding carboxylic acids is 1. The van der Waals surface area contributed by atoms with Gasteiger partial charge in [-0.05, 0) is 25.0 Å². The summed E-state index contributed by atoms with van der Waals surface area (Å²) >= 11 is 1.29. The quantitative estimate of drug-likeness (QED) is 0.551. The Bertz CT molecular complexity index is 885. The predicted molar refractivity (Wildman–Crippen MR) is 104 cm³/mol. The molecule has 0 fully saturated rings. The summed E-state index contributed by atoms with van der Waals surface area (Å²) in [6.07, 6.45) is 0.298. The average Bonchev–Trinajstić information content (AvgIpc) is 2.61. The van der Waals surface area contributed by atoms with Gasteiger partial charge in [-0.2, -0.15) is 5.26 Å². The van der Waals surface area contributed by atoms with E-state index < -0.39 is 5.25 Å². The normalized spacial score (nSPS) is 12.2. The number of amides is 1. The SMILES string of the molecule is CC(C)Cn1c(S[C@@H](C)C(=O)N(C)CCC#N)nc2ccccc2c1=O. The van der Waals surface area contributed by atoms with Gasteiger partial charge in [0, 0.05) is 20.1 Å². The molecule has 0 bridgehead atoms. The molecule has 0 saturated carbocycles. The van der Waals surface area contributed by atoms with Crippen LogP contribution in [0.15, 0.2) is 34.2 Å². The predicted octanol–water partition coefficient (Wildman–Crippen LogP) is 2.91. The largest absolute Gasteiger partial charge is 0.344 e. The van der Waals surface area contributed by atoms with E-state index in [1.54, 1.807) is 29.5 Å². The van der Waals surface area contributed by atoms with Gasteiger partial charge in [-0.15, -0.1) is 0 Å². The van der Waals surface area contributed by atoms with E-state index in [4.69, 9.17) is 5.26 Å². The first-order valence-electron chi connectivity index (χ1n) is 8.63. The highest BCUT2D eigenvalue weighted by molar-refractivity contribution is 8.00. The second-order valence-corrected chi connectivity index (χ2v) is 7.96. The van der Waals surface area contributed by atoms with E-state index in [0.717, 1.165) is 0 Å². The van der Waals surface area contributed by atoms with Gasteiger partial charge in [0.1, 0.15) is 0 Å². The molecule has 1 amide bonds. The highest BCUT2D eigenvalue weighted by atomic mass is 32.2. The fourth-order valence-corrected chi connectivity index (χ4v) is 3.64. The number of nitriles is 1. The number of fused-ring (bicyclic) bond motifs is 1. The van der Waals surface area contributed by atoms with Gasteiger partial charge >= 0.3 is 0 Å². The number of nitrogens with zero attached hydrogens (tertiary/aromatic N) is 4. The Morgan fingerprint density at radius 3 is 2.69 bits per heavy atom. The lowest BCUT2D eigenvalue weighted by Gasteiger charge is -2.21. The minimum absolute atomic E-state index is 0.0794. The highest BCUT2D eigenvalue weighted by Gasteiger charge is 2.22. The Balaban J connectivity index is 2.37. The van der Waals surface area contributed by atoms with E-state index in [-0.39, 0.29) is 17.4 Å². The van der Waals surface area contributed by atoms with Crippen molar-refractivity contribution in [2.75, 3.05) is 13.6 Å². The number of aromatic nitrogens is 2. The minimum atomic E-state index is -0.398. The molecule has 7 heteroatoms. The van der Waals surface area contributed by atoms with E-state index in [9.17, 15) is 9.59 Å². The molecule has 1 heterocycles. The van der Waals surface area contributed by atoms with Crippen molar-refractivity contribution in [2.45, 2.75) is 44.1 Å². The Hall–Kier alpha value is -2.33. The lowest BCUT2D eigenvalue weighted by molar-refractivity contribution is -0.128. The van der Waals surface area contributed by atoms with Crippen LogP contribution in [0.25, 0.3) is 10.9 Å². The first kappa shape index (κ1) is 20.0. The van der Waals surface area contributed by atoms with Gasteiger partial charge < -0.3 is 4.90 Å². The Morgan fingerprint density at radius 1 is 1.35 bits per heavy atom. The molecule has 6 nitrogen and oxygen atoms in total. The van der Waals surface area contributed by atoms with Gasteiger partial charge in [-0.3, -0.25) is 14.2 Å². The molecule has 2 rings (SSSR count). The number of carbonyl (C=O) groups is 1. The van der Waals surface area contributed by atoms with Crippen LogP contribution in [0.4, 0.5) is 0 Å². The molecule has 0 aliphatic carbocycles. The molecule has 0 aliphatic rings. The molecule has 138 valence electrons. The van der Waals surface area contributed by atoms with Crippen molar-refractivity contribution in [3.8, 4) is 6.07 Å². The number of benzene rings is 1. The van der Waals surface area contributed by atoms with Crippen LogP contribution in [0.5, 0.6) is 0 Å². The second kappa shape index (κ2) is 8.86. The van der Waals surface area contributed by atoms with Crippen LogP contribution in [-0.2, 0) is 11.3 Å². The van der Waals surface area contributed by atoms with Crippen LogP contribution in [-0.4, -0.2) is 39.2 Å². The van der Waals surface area contributed by atoms with Crippen molar-refractivity contribution < 1.29 is 4.79 Å². The summed E-state index contributed by atoms with van der Waals surface area (Å²) in [6, 6.07) is 9.31. The molecule has 26 heavy (non-hydrogen) atoms. The summed E-state index contributed by atoms with van der Waals surface area (Å²) < 4.78 is 1.66. The van der Waals surface area contributed by atoms with E-state index in [0.29, 0.717) is 35.6 Å². The maximum Gasteiger partial charge on any atom is 0.262 e. The molecule has 1 atom stereocenters. The third kappa shape index (κ3) is 4.64. The van der Waals surface area contributed by atoms with Crippen LogP contribution < -0.4 is 5.56 Å². The van der Waals surface area contributed by atoms with E-state index in [2.05, 4.69) is 4.98 Å². The summed E-state index contributed by atoms with van der Waals surface area (Å²) in [5, 5.41) is 9.42. The smallest absolute Gasteiger partial charge is 0.262 e. The van der Waals surface area contributed by atoms with Crippen LogP contribution in [0.1, 0.15) is 27.2 Å². The van der Waals surface area contributed by atoms with E-state index in [1.807, 2.05) is 38.1 Å². The van der Waals surface area contributed by atoms with E-state index in [1.165, 1.54) is 11.8 Å². The lowest BCUT2D eigenvalue weighted by Crippen LogP contribution is -2.34. The van der Waals surface area contributed by atoms with Gasteiger partial charge in [0.05, 0.1) is 28.6 Å². The summed E-state index contributed by atoms with van der Waals surface area (Å²) in [6.45, 7) is 6.83. The molecule has 0 unspecified atom stereocenters. The molecule has 0 radical (unpaired) electrons.